The van der Waals surface area contributed by atoms with Crippen molar-refractivity contribution >= 4 is 40.6 Å². The van der Waals surface area contributed by atoms with Crippen LogP contribution < -0.4 is 10.6 Å². The fraction of sp³-hybridized carbons (Fsp3) is 0.320. The summed E-state index contributed by atoms with van der Waals surface area (Å²) in [6.45, 7) is 5.16. The number of aryl methyl sites for hydroxylation is 1. The predicted octanol–water partition coefficient (Wildman–Crippen LogP) is 4.69. The first kappa shape index (κ1) is 24.3. The molecule has 0 bridgehead atoms. The average Bonchev–Trinajstić information content (AvgIpc) is 3.37. The third-order valence-electron chi connectivity index (χ3n) is 5.65. The van der Waals surface area contributed by atoms with E-state index < -0.39 is 5.97 Å². The number of anilines is 2. The SMILES string of the molecule is CCOC(=O)c1ccc(NC(=O)N2CCCC(c3nnc(C(=O)Nc4ccc(C)cc4)s3)C2)cc1. The molecule has 10 heteroatoms. The van der Waals surface area contributed by atoms with Gasteiger partial charge >= 0.3 is 12.0 Å². The van der Waals surface area contributed by atoms with Crippen molar-refractivity contribution in [1.82, 2.24) is 15.1 Å². The maximum Gasteiger partial charge on any atom is 0.338 e. The number of carbonyl (C=O) groups excluding carboxylic acids is 3. The van der Waals surface area contributed by atoms with E-state index in [0.717, 1.165) is 23.4 Å². The molecule has 1 fully saturated rings. The number of likely N-dealkylation sites (tertiary alicyclic amines) is 1. The molecule has 0 aliphatic carbocycles. The van der Waals surface area contributed by atoms with E-state index in [4.69, 9.17) is 4.74 Å². The highest BCUT2D eigenvalue weighted by Gasteiger charge is 2.28. The van der Waals surface area contributed by atoms with E-state index in [9.17, 15) is 14.4 Å². The average molecular weight is 494 g/mol. The molecule has 2 N–H and O–H groups in total. The Hall–Kier alpha value is -3.79. The molecule has 35 heavy (non-hydrogen) atoms. The normalized spacial score (nSPS) is 15.4. The summed E-state index contributed by atoms with van der Waals surface area (Å²) in [6.07, 6.45) is 1.69. The smallest absolute Gasteiger partial charge is 0.338 e. The largest absolute Gasteiger partial charge is 0.462 e. The van der Waals surface area contributed by atoms with Gasteiger partial charge in [0.1, 0.15) is 5.01 Å². The summed E-state index contributed by atoms with van der Waals surface area (Å²) in [4.78, 5) is 38.9. The molecule has 1 aliphatic heterocycles. The molecule has 2 heterocycles. The molecule has 4 rings (SSSR count). The zero-order valence-corrected chi connectivity index (χ0v) is 20.4. The number of aromatic nitrogens is 2. The maximum atomic E-state index is 12.8. The molecule has 9 nitrogen and oxygen atoms in total. The first-order valence-corrected chi connectivity index (χ1v) is 12.3. The third kappa shape index (κ3) is 6.21. The lowest BCUT2D eigenvalue weighted by Crippen LogP contribution is -2.41. The fourth-order valence-electron chi connectivity index (χ4n) is 3.78. The quantitative estimate of drug-likeness (QED) is 0.482. The van der Waals surface area contributed by atoms with Gasteiger partial charge in [0.2, 0.25) is 5.01 Å². The van der Waals surface area contributed by atoms with Crippen LogP contribution in [-0.2, 0) is 4.74 Å². The number of nitrogens with zero attached hydrogens (tertiary/aromatic N) is 3. The van der Waals surface area contributed by atoms with Crippen LogP contribution in [0.1, 0.15) is 56.4 Å². The highest BCUT2D eigenvalue weighted by molar-refractivity contribution is 7.13. The first-order chi connectivity index (χ1) is 16.9. The summed E-state index contributed by atoms with van der Waals surface area (Å²) in [5.74, 6) is -0.679. The van der Waals surface area contributed by atoms with Gasteiger partial charge < -0.3 is 20.3 Å². The first-order valence-electron chi connectivity index (χ1n) is 11.5. The van der Waals surface area contributed by atoms with Gasteiger partial charge in [0.15, 0.2) is 0 Å². The van der Waals surface area contributed by atoms with E-state index in [-0.39, 0.29) is 17.9 Å². The minimum Gasteiger partial charge on any atom is -0.462 e. The number of benzene rings is 2. The molecule has 3 aromatic rings. The van der Waals surface area contributed by atoms with Crippen molar-refractivity contribution < 1.29 is 19.1 Å². The topological polar surface area (TPSA) is 114 Å². The second-order valence-corrected chi connectivity index (χ2v) is 9.29. The Kier molecular flexibility index (Phi) is 7.71. The number of nitrogens with one attached hydrogen (secondary N) is 2. The van der Waals surface area contributed by atoms with Crippen molar-refractivity contribution in [2.75, 3.05) is 30.3 Å². The molecule has 0 spiro atoms. The van der Waals surface area contributed by atoms with E-state index >= 15 is 0 Å². The van der Waals surface area contributed by atoms with Gasteiger partial charge in [-0.3, -0.25) is 4.79 Å². The van der Waals surface area contributed by atoms with Gasteiger partial charge in [-0.1, -0.05) is 29.0 Å². The van der Waals surface area contributed by atoms with Crippen molar-refractivity contribution in [2.45, 2.75) is 32.6 Å². The molecule has 3 amide bonds. The number of hydrogen-bond acceptors (Lipinski definition) is 7. The number of ether oxygens (including phenoxy) is 1. The van der Waals surface area contributed by atoms with E-state index in [1.165, 1.54) is 11.3 Å². The molecule has 1 unspecified atom stereocenters. The number of carbonyl (C=O) groups is 3. The number of hydrogen-bond donors (Lipinski definition) is 2. The van der Waals surface area contributed by atoms with Crippen molar-refractivity contribution in [3.05, 3.63) is 69.7 Å². The van der Waals surface area contributed by atoms with Crippen LogP contribution in [0.4, 0.5) is 16.2 Å². The van der Waals surface area contributed by atoms with Crippen LogP contribution in [0.5, 0.6) is 0 Å². The molecule has 1 saturated heterocycles. The lowest BCUT2D eigenvalue weighted by molar-refractivity contribution is 0.0526. The van der Waals surface area contributed by atoms with Crippen LogP contribution >= 0.6 is 11.3 Å². The van der Waals surface area contributed by atoms with Gasteiger partial charge in [-0.2, -0.15) is 0 Å². The predicted molar refractivity (Wildman–Crippen MR) is 134 cm³/mol. The van der Waals surface area contributed by atoms with Crippen molar-refractivity contribution in [3.63, 3.8) is 0 Å². The van der Waals surface area contributed by atoms with Crippen LogP contribution in [0.15, 0.2) is 48.5 Å². The summed E-state index contributed by atoms with van der Waals surface area (Å²) in [5.41, 5.74) is 2.84. The zero-order valence-electron chi connectivity index (χ0n) is 19.6. The van der Waals surface area contributed by atoms with Gasteiger partial charge in [-0.25, -0.2) is 9.59 Å². The van der Waals surface area contributed by atoms with Crippen LogP contribution in [-0.4, -0.2) is 52.7 Å². The molecule has 1 atom stereocenters. The number of piperidine rings is 1. The minimum absolute atomic E-state index is 0.0131. The number of rotatable bonds is 6. The van der Waals surface area contributed by atoms with E-state index in [2.05, 4.69) is 20.8 Å². The van der Waals surface area contributed by atoms with E-state index in [0.29, 0.717) is 41.6 Å². The van der Waals surface area contributed by atoms with Gasteiger partial charge in [-0.05, 0) is 63.1 Å². The third-order valence-corrected chi connectivity index (χ3v) is 6.73. The molecule has 1 aromatic heterocycles. The summed E-state index contributed by atoms with van der Waals surface area (Å²) < 4.78 is 4.98. The highest BCUT2D eigenvalue weighted by Crippen LogP contribution is 2.30. The number of urea groups is 1. The number of esters is 1. The maximum absolute atomic E-state index is 12.8. The zero-order chi connectivity index (χ0) is 24.8. The fourth-order valence-corrected chi connectivity index (χ4v) is 4.65. The molecule has 0 radical (unpaired) electrons. The molecular formula is C25H27N5O4S. The minimum atomic E-state index is -0.395. The Labute approximate surface area is 207 Å². The molecule has 0 saturated carbocycles. The van der Waals surface area contributed by atoms with Crippen LogP contribution in [0, 0.1) is 6.92 Å². The lowest BCUT2D eigenvalue weighted by atomic mass is 9.99. The Morgan fingerprint density at radius 1 is 1.03 bits per heavy atom. The Morgan fingerprint density at radius 3 is 2.43 bits per heavy atom. The van der Waals surface area contributed by atoms with E-state index in [1.54, 1.807) is 36.1 Å². The number of amides is 3. The van der Waals surface area contributed by atoms with E-state index in [1.807, 2.05) is 31.2 Å². The second-order valence-electron chi connectivity index (χ2n) is 8.28. The van der Waals surface area contributed by atoms with Gasteiger partial charge in [0.05, 0.1) is 12.2 Å². The monoisotopic (exact) mass is 493 g/mol. The second kappa shape index (κ2) is 11.1. The van der Waals surface area contributed by atoms with Crippen molar-refractivity contribution in [2.24, 2.45) is 0 Å². The summed E-state index contributed by atoms with van der Waals surface area (Å²) >= 11 is 1.26. The van der Waals surface area contributed by atoms with Crippen molar-refractivity contribution in [3.8, 4) is 0 Å². The van der Waals surface area contributed by atoms with Crippen molar-refractivity contribution in [1.29, 1.82) is 0 Å². The molecular weight excluding hydrogens is 466 g/mol. The Morgan fingerprint density at radius 2 is 1.71 bits per heavy atom. The van der Waals surface area contributed by atoms with Crippen LogP contribution in [0.3, 0.4) is 0 Å². The summed E-state index contributed by atoms with van der Waals surface area (Å²) in [6, 6.07) is 13.9. The van der Waals surface area contributed by atoms with Gasteiger partial charge in [-0.15, -0.1) is 10.2 Å². The van der Waals surface area contributed by atoms with Crippen LogP contribution in [0.2, 0.25) is 0 Å². The molecule has 182 valence electrons. The highest BCUT2D eigenvalue weighted by atomic mass is 32.1. The lowest BCUT2D eigenvalue weighted by Gasteiger charge is -2.31. The van der Waals surface area contributed by atoms with Crippen LogP contribution in [0.25, 0.3) is 0 Å². The molecule has 2 aromatic carbocycles. The standard InChI is InChI=1S/C25H27N5O4S/c1-3-34-24(32)17-8-12-20(13-9-17)27-25(33)30-14-4-5-18(15-30)22-28-29-23(35-22)21(31)26-19-10-6-16(2)7-11-19/h6-13,18H,3-5,14-15H2,1-2H3,(H,26,31)(H,27,33). The molecule has 1 aliphatic rings. The Balaban J connectivity index is 1.34. The van der Waals surface area contributed by atoms with Gasteiger partial charge in [0, 0.05) is 30.4 Å². The summed E-state index contributed by atoms with van der Waals surface area (Å²) in [7, 11) is 0. The van der Waals surface area contributed by atoms with Gasteiger partial charge in [0.25, 0.3) is 5.91 Å². The Bertz CT molecular complexity index is 1190. The summed E-state index contributed by atoms with van der Waals surface area (Å²) in [5, 5.41) is 15.1.